The number of sulfonamides is 1. The number of hydrogen-bond donors (Lipinski definition) is 1. The van der Waals surface area contributed by atoms with Gasteiger partial charge in [-0.15, -0.1) is 0 Å². The zero-order valence-electron chi connectivity index (χ0n) is 22.2. The molecule has 8 nitrogen and oxygen atoms in total. The molecule has 9 heteroatoms. The molecule has 0 saturated heterocycles. The minimum absolute atomic E-state index is 0.00190. The van der Waals surface area contributed by atoms with Crippen LogP contribution in [-0.4, -0.2) is 57.1 Å². The van der Waals surface area contributed by atoms with E-state index in [1.807, 2.05) is 45.0 Å². The number of carbonyl (C=O) groups is 2. The van der Waals surface area contributed by atoms with Gasteiger partial charge in [0.05, 0.1) is 19.1 Å². The Morgan fingerprint density at radius 1 is 1.08 bits per heavy atom. The van der Waals surface area contributed by atoms with Crippen molar-refractivity contribution in [2.45, 2.75) is 65.6 Å². The average Bonchev–Trinajstić information content (AvgIpc) is 2.83. The topological polar surface area (TPSA) is 96.0 Å². The number of anilines is 1. The zero-order chi connectivity index (χ0) is 26.9. The fourth-order valence-electron chi connectivity index (χ4n) is 3.82. The lowest BCUT2D eigenvalue weighted by Crippen LogP contribution is -2.49. The van der Waals surface area contributed by atoms with Crippen molar-refractivity contribution in [3.05, 3.63) is 59.7 Å². The maximum absolute atomic E-state index is 13.4. The Bertz CT molecular complexity index is 1140. The molecule has 0 radical (unpaired) electrons. The number of rotatable bonds is 13. The first-order chi connectivity index (χ1) is 17.0. The molecular formula is C27H39N3O5S. The number of ether oxygens (including phenoxy) is 1. The van der Waals surface area contributed by atoms with Crippen LogP contribution in [0.15, 0.2) is 48.5 Å². The predicted molar refractivity (Wildman–Crippen MR) is 144 cm³/mol. The standard InChI is InChI=1S/C27H39N3O5S/c1-7-21(3)28-27(32)22(4)29(19-23-12-8-11-20(2)17-23)26(31)15-10-16-30(36(6,33)34)24-13-9-14-25(18-24)35-5/h8-9,11-14,17-18,21-22H,7,10,15-16,19H2,1-6H3,(H,28,32)/t21-,22-/m1/s1. The van der Waals surface area contributed by atoms with Crippen molar-refractivity contribution in [3.8, 4) is 5.75 Å². The van der Waals surface area contributed by atoms with E-state index in [1.54, 1.807) is 36.1 Å². The van der Waals surface area contributed by atoms with E-state index in [4.69, 9.17) is 4.74 Å². The normalized spacial score (nSPS) is 12.9. The Kier molecular flexibility index (Phi) is 10.8. The number of carbonyl (C=O) groups excluding carboxylic acids is 2. The molecule has 0 spiro atoms. The summed E-state index contributed by atoms with van der Waals surface area (Å²) in [4.78, 5) is 27.8. The Hall–Kier alpha value is -3.07. The van der Waals surface area contributed by atoms with Crippen LogP contribution in [0.25, 0.3) is 0 Å². The number of amides is 2. The fraction of sp³-hybridized carbons (Fsp3) is 0.481. The summed E-state index contributed by atoms with van der Waals surface area (Å²) >= 11 is 0. The largest absolute Gasteiger partial charge is 0.497 e. The molecule has 198 valence electrons. The molecule has 0 unspecified atom stereocenters. The fourth-order valence-corrected chi connectivity index (χ4v) is 4.78. The summed E-state index contributed by atoms with van der Waals surface area (Å²) in [6.45, 7) is 8.04. The van der Waals surface area contributed by atoms with Crippen LogP contribution >= 0.6 is 0 Å². The van der Waals surface area contributed by atoms with Crippen LogP contribution in [0.5, 0.6) is 5.75 Å². The molecule has 2 aromatic carbocycles. The van der Waals surface area contributed by atoms with Gasteiger partial charge in [0, 0.05) is 31.6 Å². The van der Waals surface area contributed by atoms with Gasteiger partial charge in [-0.3, -0.25) is 13.9 Å². The Balaban J connectivity index is 2.18. The molecule has 2 amide bonds. The monoisotopic (exact) mass is 517 g/mol. The highest BCUT2D eigenvalue weighted by Gasteiger charge is 2.27. The Morgan fingerprint density at radius 3 is 2.39 bits per heavy atom. The van der Waals surface area contributed by atoms with Gasteiger partial charge in [-0.25, -0.2) is 8.42 Å². The van der Waals surface area contributed by atoms with Crippen molar-refractivity contribution in [1.29, 1.82) is 0 Å². The van der Waals surface area contributed by atoms with Gasteiger partial charge in [0.1, 0.15) is 11.8 Å². The molecule has 0 aromatic heterocycles. The first-order valence-corrected chi connectivity index (χ1v) is 14.1. The van der Waals surface area contributed by atoms with Gasteiger partial charge in [0.2, 0.25) is 21.8 Å². The third kappa shape index (κ3) is 8.55. The van der Waals surface area contributed by atoms with Crippen LogP contribution in [0, 0.1) is 6.92 Å². The molecule has 2 aromatic rings. The molecule has 2 rings (SSSR count). The molecule has 0 heterocycles. The summed E-state index contributed by atoms with van der Waals surface area (Å²) in [7, 11) is -2.05. The third-order valence-electron chi connectivity index (χ3n) is 6.10. The average molecular weight is 518 g/mol. The second-order valence-corrected chi connectivity index (χ2v) is 11.1. The number of nitrogens with one attached hydrogen (secondary N) is 1. The van der Waals surface area contributed by atoms with Crippen LogP contribution in [0.4, 0.5) is 5.69 Å². The second-order valence-electron chi connectivity index (χ2n) is 9.14. The van der Waals surface area contributed by atoms with Crippen LogP contribution in [0.3, 0.4) is 0 Å². The van der Waals surface area contributed by atoms with Gasteiger partial charge in [0.25, 0.3) is 0 Å². The van der Waals surface area contributed by atoms with Crippen LogP contribution in [0.1, 0.15) is 51.2 Å². The highest BCUT2D eigenvalue weighted by molar-refractivity contribution is 7.92. The second kappa shape index (κ2) is 13.3. The first kappa shape index (κ1) is 29.2. The van der Waals surface area contributed by atoms with Crippen LogP contribution < -0.4 is 14.4 Å². The number of benzene rings is 2. The lowest BCUT2D eigenvalue weighted by molar-refractivity contribution is -0.140. The maximum atomic E-state index is 13.4. The van der Waals surface area contributed by atoms with E-state index in [9.17, 15) is 18.0 Å². The molecule has 0 aliphatic carbocycles. The zero-order valence-corrected chi connectivity index (χ0v) is 23.0. The van der Waals surface area contributed by atoms with E-state index in [2.05, 4.69) is 5.32 Å². The van der Waals surface area contributed by atoms with Crippen molar-refractivity contribution in [3.63, 3.8) is 0 Å². The maximum Gasteiger partial charge on any atom is 0.242 e. The molecular weight excluding hydrogens is 478 g/mol. The van der Waals surface area contributed by atoms with E-state index in [0.29, 0.717) is 24.4 Å². The van der Waals surface area contributed by atoms with Crippen LogP contribution in [-0.2, 0) is 26.2 Å². The summed E-state index contributed by atoms with van der Waals surface area (Å²) < 4.78 is 31.5. The first-order valence-electron chi connectivity index (χ1n) is 12.2. The predicted octanol–water partition coefficient (Wildman–Crippen LogP) is 3.88. The number of aryl methyl sites for hydroxylation is 1. The molecule has 0 aliphatic rings. The van der Waals surface area contributed by atoms with Crippen molar-refractivity contribution in [2.75, 3.05) is 24.2 Å². The lowest BCUT2D eigenvalue weighted by atomic mass is 10.1. The van der Waals surface area contributed by atoms with E-state index in [1.165, 1.54) is 11.4 Å². The highest BCUT2D eigenvalue weighted by atomic mass is 32.2. The quantitative estimate of drug-likeness (QED) is 0.435. The summed E-state index contributed by atoms with van der Waals surface area (Å²) in [5.41, 5.74) is 2.47. The van der Waals surface area contributed by atoms with Crippen molar-refractivity contribution < 1.29 is 22.7 Å². The van der Waals surface area contributed by atoms with Gasteiger partial charge >= 0.3 is 0 Å². The molecule has 1 N–H and O–H groups in total. The van der Waals surface area contributed by atoms with Gasteiger partial charge in [-0.1, -0.05) is 42.8 Å². The third-order valence-corrected chi connectivity index (χ3v) is 7.29. The van der Waals surface area contributed by atoms with Gasteiger partial charge in [0.15, 0.2) is 0 Å². The molecule has 2 atom stereocenters. The summed E-state index contributed by atoms with van der Waals surface area (Å²) in [6, 6.07) is 14.0. The molecule has 36 heavy (non-hydrogen) atoms. The van der Waals surface area contributed by atoms with Crippen molar-refractivity contribution in [1.82, 2.24) is 10.2 Å². The summed E-state index contributed by atoms with van der Waals surface area (Å²) in [6.07, 6.45) is 2.32. The molecule has 0 fully saturated rings. The number of nitrogens with zero attached hydrogens (tertiary/aromatic N) is 2. The van der Waals surface area contributed by atoms with E-state index < -0.39 is 16.1 Å². The Morgan fingerprint density at radius 2 is 1.78 bits per heavy atom. The summed E-state index contributed by atoms with van der Waals surface area (Å²) in [5.74, 6) is 0.129. The number of methoxy groups -OCH3 is 1. The van der Waals surface area contributed by atoms with Gasteiger partial charge < -0.3 is 15.0 Å². The van der Waals surface area contributed by atoms with Crippen molar-refractivity contribution in [2.24, 2.45) is 0 Å². The van der Waals surface area contributed by atoms with Gasteiger partial charge in [-0.05, 0) is 51.3 Å². The number of hydrogen-bond acceptors (Lipinski definition) is 5. The van der Waals surface area contributed by atoms with Crippen LogP contribution in [0.2, 0.25) is 0 Å². The summed E-state index contributed by atoms with van der Waals surface area (Å²) in [5, 5.41) is 2.96. The molecule has 0 saturated carbocycles. The minimum Gasteiger partial charge on any atom is -0.497 e. The van der Waals surface area contributed by atoms with Gasteiger partial charge in [-0.2, -0.15) is 0 Å². The van der Waals surface area contributed by atoms with E-state index >= 15 is 0 Å². The highest BCUT2D eigenvalue weighted by Crippen LogP contribution is 2.24. The molecule has 0 aliphatic heterocycles. The lowest BCUT2D eigenvalue weighted by Gasteiger charge is -2.30. The van der Waals surface area contributed by atoms with Crippen molar-refractivity contribution >= 4 is 27.5 Å². The van der Waals surface area contributed by atoms with E-state index in [0.717, 1.165) is 23.8 Å². The van der Waals surface area contributed by atoms with E-state index in [-0.39, 0.29) is 30.8 Å². The smallest absolute Gasteiger partial charge is 0.242 e. The Labute approximate surface area is 215 Å². The minimum atomic E-state index is -3.57. The molecule has 0 bridgehead atoms. The SMILES string of the molecule is CC[C@@H](C)NC(=O)[C@@H](C)N(Cc1cccc(C)c1)C(=O)CCCN(c1cccc(OC)c1)S(C)(=O)=O.